The summed E-state index contributed by atoms with van der Waals surface area (Å²) >= 11 is 0. The van der Waals surface area contributed by atoms with E-state index in [1.807, 2.05) is 41.1 Å². The average molecular weight is 258 g/mol. The van der Waals surface area contributed by atoms with E-state index in [1.54, 1.807) is 0 Å². The molecule has 19 heavy (non-hydrogen) atoms. The fourth-order valence-corrected chi connectivity index (χ4v) is 2.30. The van der Waals surface area contributed by atoms with Crippen molar-refractivity contribution < 1.29 is 0 Å². The molecule has 0 aliphatic rings. The predicted octanol–water partition coefficient (Wildman–Crippen LogP) is 2.78. The Morgan fingerprint density at radius 1 is 1.21 bits per heavy atom. The van der Waals surface area contributed by atoms with Gasteiger partial charge in [0.15, 0.2) is 0 Å². The number of benzene rings is 1. The summed E-state index contributed by atoms with van der Waals surface area (Å²) in [6.07, 6.45) is 4.04. The highest BCUT2D eigenvalue weighted by atomic mass is 16.1. The first-order valence-electron chi connectivity index (χ1n) is 7.07. The molecule has 2 aromatic rings. The second-order valence-corrected chi connectivity index (χ2v) is 4.92. The van der Waals surface area contributed by atoms with Gasteiger partial charge < -0.3 is 9.88 Å². The molecule has 3 heteroatoms. The molecule has 2 rings (SSSR count). The Balaban J connectivity index is 2.25. The molecular formula is C16H22N2O. The molecule has 1 N–H and O–H groups in total. The molecule has 0 saturated carbocycles. The lowest BCUT2D eigenvalue weighted by molar-refractivity contribution is 0.432. The van der Waals surface area contributed by atoms with Crippen LogP contribution in [0.5, 0.6) is 0 Å². The molecule has 0 saturated heterocycles. The second-order valence-electron chi connectivity index (χ2n) is 4.92. The van der Waals surface area contributed by atoms with Crippen LogP contribution in [0.2, 0.25) is 0 Å². The second kappa shape index (κ2) is 6.53. The van der Waals surface area contributed by atoms with Crippen LogP contribution in [0.4, 0.5) is 0 Å². The van der Waals surface area contributed by atoms with E-state index in [0.29, 0.717) is 6.04 Å². The Kier molecular flexibility index (Phi) is 4.74. The molecule has 0 spiro atoms. The monoisotopic (exact) mass is 258 g/mol. The third-order valence-corrected chi connectivity index (χ3v) is 3.48. The van der Waals surface area contributed by atoms with E-state index in [0.717, 1.165) is 36.7 Å². The minimum absolute atomic E-state index is 0.106. The maximum Gasteiger partial charge on any atom is 0.258 e. The van der Waals surface area contributed by atoms with Crippen molar-refractivity contribution in [1.29, 1.82) is 0 Å². The van der Waals surface area contributed by atoms with E-state index in [9.17, 15) is 4.79 Å². The van der Waals surface area contributed by atoms with Crippen molar-refractivity contribution >= 4 is 10.8 Å². The molecule has 0 fully saturated rings. The Bertz CT molecular complexity index is 589. The van der Waals surface area contributed by atoms with Gasteiger partial charge in [0.25, 0.3) is 5.56 Å². The zero-order chi connectivity index (χ0) is 13.7. The van der Waals surface area contributed by atoms with Crippen molar-refractivity contribution in [2.24, 2.45) is 0 Å². The van der Waals surface area contributed by atoms with Gasteiger partial charge in [-0.25, -0.2) is 0 Å². The van der Waals surface area contributed by atoms with Crippen LogP contribution in [-0.2, 0) is 6.54 Å². The van der Waals surface area contributed by atoms with Gasteiger partial charge in [0.1, 0.15) is 0 Å². The topological polar surface area (TPSA) is 34.0 Å². The molecule has 102 valence electrons. The Hall–Kier alpha value is -1.61. The van der Waals surface area contributed by atoms with Gasteiger partial charge in [-0.2, -0.15) is 0 Å². The smallest absolute Gasteiger partial charge is 0.258 e. The van der Waals surface area contributed by atoms with E-state index in [2.05, 4.69) is 19.2 Å². The number of nitrogens with one attached hydrogen (secondary N) is 1. The first kappa shape index (κ1) is 13.8. The van der Waals surface area contributed by atoms with Gasteiger partial charge in [-0.05, 0) is 36.9 Å². The van der Waals surface area contributed by atoms with Gasteiger partial charge >= 0.3 is 0 Å². The Morgan fingerprint density at radius 2 is 2.00 bits per heavy atom. The van der Waals surface area contributed by atoms with Crippen LogP contribution >= 0.6 is 0 Å². The standard InChI is InChI=1S/C16H22N2O/c1-3-10-17-14(4-2)12-18-11-9-13-7-5-6-8-15(13)16(18)19/h5-9,11,14,17H,3-4,10,12H2,1-2H3. The number of aromatic nitrogens is 1. The van der Waals surface area contributed by atoms with E-state index in [1.165, 1.54) is 0 Å². The van der Waals surface area contributed by atoms with Gasteiger partial charge in [0.2, 0.25) is 0 Å². The van der Waals surface area contributed by atoms with Gasteiger partial charge in [0, 0.05) is 24.2 Å². The van der Waals surface area contributed by atoms with Gasteiger partial charge in [-0.3, -0.25) is 4.79 Å². The summed E-state index contributed by atoms with van der Waals surface area (Å²) in [7, 11) is 0. The molecule has 0 radical (unpaired) electrons. The summed E-state index contributed by atoms with van der Waals surface area (Å²) in [5.41, 5.74) is 0.106. The van der Waals surface area contributed by atoms with E-state index >= 15 is 0 Å². The van der Waals surface area contributed by atoms with Crippen molar-refractivity contribution in [2.75, 3.05) is 6.54 Å². The van der Waals surface area contributed by atoms with E-state index in [4.69, 9.17) is 0 Å². The van der Waals surface area contributed by atoms with Crippen LogP contribution < -0.4 is 10.9 Å². The molecule has 0 aliphatic heterocycles. The number of fused-ring (bicyclic) bond motifs is 1. The largest absolute Gasteiger partial charge is 0.313 e. The van der Waals surface area contributed by atoms with Crippen LogP contribution in [0, 0.1) is 0 Å². The van der Waals surface area contributed by atoms with Gasteiger partial charge in [-0.15, -0.1) is 0 Å². The third-order valence-electron chi connectivity index (χ3n) is 3.48. The Morgan fingerprint density at radius 3 is 2.74 bits per heavy atom. The first-order valence-corrected chi connectivity index (χ1v) is 7.07. The minimum Gasteiger partial charge on any atom is -0.313 e. The van der Waals surface area contributed by atoms with E-state index in [-0.39, 0.29) is 5.56 Å². The normalized spacial score (nSPS) is 12.7. The molecule has 1 atom stereocenters. The highest BCUT2D eigenvalue weighted by Crippen LogP contribution is 2.08. The van der Waals surface area contributed by atoms with Crippen molar-refractivity contribution in [3.8, 4) is 0 Å². The predicted molar refractivity (Wildman–Crippen MR) is 80.6 cm³/mol. The molecular weight excluding hydrogens is 236 g/mol. The van der Waals surface area contributed by atoms with Crippen molar-refractivity contribution in [2.45, 2.75) is 39.3 Å². The molecule has 1 aromatic heterocycles. The quantitative estimate of drug-likeness (QED) is 0.864. The summed E-state index contributed by atoms with van der Waals surface area (Å²) in [5, 5.41) is 5.30. The highest BCUT2D eigenvalue weighted by molar-refractivity contribution is 5.81. The zero-order valence-corrected chi connectivity index (χ0v) is 11.7. The first-order chi connectivity index (χ1) is 9.26. The van der Waals surface area contributed by atoms with Crippen LogP contribution in [0.15, 0.2) is 41.3 Å². The molecule has 3 nitrogen and oxygen atoms in total. The SMILES string of the molecule is CCCNC(CC)Cn1ccc2ccccc2c1=O. The van der Waals surface area contributed by atoms with Crippen molar-refractivity contribution in [3.63, 3.8) is 0 Å². The van der Waals surface area contributed by atoms with Crippen LogP contribution in [0.1, 0.15) is 26.7 Å². The van der Waals surface area contributed by atoms with Crippen molar-refractivity contribution in [1.82, 2.24) is 9.88 Å². The van der Waals surface area contributed by atoms with Crippen molar-refractivity contribution in [3.05, 3.63) is 46.9 Å². The minimum atomic E-state index is 0.106. The fourth-order valence-electron chi connectivity index (χ4n) is 2.30. The zero-order valence-electron chi connectivity index (χ0n) is 11.7. The molecule has 0 amide bonds. The lowest BCUT2D eigenvalue weighted by Crippen LogP contribution is -2.36. The molecule has 1 aromatic carbocycles. The summed E-state index contributed by atoms with van der Waals surface area (Å²) in [6, 6.07) is 10.1. The highest BCUT2D eigenvalue weighted by Gasteiger charge is 2.08. The van der Waals surface area contributed by atoms with Gasteiger partial charge in [-0.1, -0.05) is 32.0 Å². The lowest BCUT2D eigenvalue weighted by Gasteiger charge is -2.18. The lowest BCUT2D eigenvalue weighted by atomic mass is 10.1. The molecule has 1 unspecified atom stereocenters. The number of hydrogen-bond donors (Lipinski definition) is 1. The molecule has 1 heterocycles. The summed E-state index contributed by atoms with van der Waals surface area (Å²) < 4.78 is 1.82. The number of pyridine rings is 1. The third kappa shape index (κ3) is 3.24. The average Bonchev–Trinajstić information content (AvgIpc) is 2.46. The van der Waals surface area contributed by atoms with Crippen LogP contribution in [0.3, 0.4) is 0 Å². The number of hydrogen-bond acceptors (Lipinski definition) is 2. The number of rotatable bonds is 6. The maximum atomic E-state index is 12.4. The van der Waals surface area contributed by atoms with Crippen LogP contribution in [-0.4, -0.2) is 17.2 Å². The van der Waals surface area contributed by atoms with Gasteiger partial charge in [0.05, 0.1) is 0 Å². The summed E-state index contributed by atoms with van der Waals surface area (Å²) in [6.45, 7) is 6.04. The van der Waals surface area contributed by atoms with E-state index < -0.39 is 0 Å². The maximum absolute atomic E-state index is 12.4. The Labute approximate surface area is 114 Å². The molecule has 0 aliphatic carbocycles. The summed E-state index contributed by atoms with van der Waals surface area (Å²) in [4.78, 5) is 12.4. The molecule has 0 bridgehead atoms. The summed E-state index contributed by atoms with van der Waals surface area (Å²) in [5.74, 6) is 0. The fraction of sp³-hybridized carbons (Fsp3) is 0.438. The van der Waals surface area contributed by atoms with Crippen LogP contribution in [0.25, 0.3) is 10.8 Å². The number of nitrogens with zero attached hydrogens (tertiary/aromatic N) is 1.